The molecule has 0 atom stereocenters. The third-order valence-electron chi connectivity index (χ3n) is 4.74. The Morgan fingerprint density at radius 1 is 1.17 bits per heavy atom. The van der Waals surface area contributed by atoms with Gasteiger partial charge in [-0.15, -0.1) is 16.4 Å². The summed E-state index contributed by atoms with van der Waals surface area (Å²) in [6.07, 6.45) is 1.01. The summed E-state index contributed by atoms with van der Waals surface area (Å²) in [5, 5.41) is 13.3. The number of rotatable bonds is 6. The first-order chi connectivity index (χ1) is 14.7. The van der Waals surface area contributed by atoms with E-state index >= 15 is 0 Å². The lowest BCUT2D eigenvalue weighted by Gasteiger charge is -2.01. The van der Waals surface area contributed by atoms with Gasteiger partial charge >= 0.3 is 0 Å². The van der Waals surface area contributed by atoms with Crippen LogP contribution in [0.25, 0.3) is 28.1 Å². The normalized spacial score (nSPS) is 11.4. The van der Waals surface area contributed by atoms with Gasteiger partial charge in [0.25, 0.3) is 0 Å². The second kappa shape index (κ2) is 7.92. The van der Waals surface area contributed by atoms with Crippen molar-refractivity contribution in [2.45, 2.75) is 18.5 Å². The molecule has 5 aromatic rings. The topological polar surface area (TPSA) is 88.0 Å². The number of thiazole rings is 1. The van der Waals surface area contributed by atoms with Gasteiger partial charge in [-0.05, 0) is 24.1 Å². The third-order valence-corrected chi connectivity index (χ3v) is 6.44. The Bertz CT molecular complexity index is 1330. The van der Waals surface area contributed by atoms with Gasteiger partial charge in [-0.2, -0.15) is 0 Å². The number of amides is 1. The van der Waals surface area contributed by atoms with E-state index in [9.17, 15) is 4.79 Å². The number of carbonyl (C=O) groups is 1. The molecule has 0 aliphatic carbocycles. The second-order valence-corrected chi connectivity index (χ2v) is 8.49. The summed E-state index contributed by atoms with van der Waals surface area (Å²) < 4.78 is 1.93. The fourth-order valence-corrected chi connectivity index (χ4v) is 4.69. The first-order valence-electron chi connectivity index (χ1n) is 9.50. The number of thioether (sulfide) groups is 1. The summed E-state index contributed by atoms with van der Waals surface area (Å²) in [4.78, 5) is 21.5. The highest BCUT2D eigenvalue weighted by Crippen LogP contribution is 2.26. The summed E-state index contributed by atoms with van der Waals surface area (Å²) in [6, 6.07) is 16.2. The highest BCUT2D eigenvalue weighted by atomic mass is 32.2. The van der Waals surface area contributed by atoms with Gasteiger partial charge in [0.15, 0.2) is 10.3 Å². The molecule has 0 saturated heterocycles. The van der Waals surface area contributed by atoms with Gasteiger partial charge in [-0.3, -0.25) is 9.20 Å². The molecule has 0 aliphatic rings. The van der Waals surface area contributed by atoms with Crippen LogP contribution in [0.4, 0.5) is 5.13 Å². The van der Waals surface area contributed by atoms with Crippen LogP contribution in [0.5, 0.6) is 0 Å². The lowest BCUT2D eigenvalue weighted by molar-refractivity contribution is -0.113. The first kappa shape index (κ1) is 18.8. The van der Waals surface area contributed by atoms with E-state index in [0.717, 1.165) is 28.7 Å². The van der Waals surface area contributed by atoms with Gasteiger partial charge in [-0.1, -0.05) is 55.1 Å². The molecule has 0 unspecified atom stereocenters. The van der Waals surface area contributed by atoms with Gasteiger partial charge in [0.2, 0.25) is 11.7 Å². The van der Waals surface area contributed by atoms with Crippen LogP contribution in [0.15, 0.2) is 59.1 Å². The van der Waals surface area contributed by atoms with E-state index < -0.39 is 0 Å². The van der Waals surface area contributed by atoms with Crippen LogP contribution in [-0.2, 0) is 11.2 Å². The van der Waals surface area contributed by atoms with Gasteiger partial charge in [0.1, 0.15) is 0 Å². The zero-order valence-corrected chi connectivity index (χ0v) is 17.8. The molecule has 7 nitrogen and oxygen atoms in total. The fourth-order valence-electron chi connectivity index (χ4n) is 3.20. The Balaban J connectivity index is 1.26. The van der Waals surface area contributed by atoms with Crippen molar-refractivity contribution in [3.05, 3.63) is 59.5 Å². The molecule has 2 N–H and O–H groups in total. The number of hydrogen-bond acceptors (Lipinski definition) is 6. The predicted molar refractivity (Wildman–Crippen MR) is 121 cm³/mol. The molecule has 0 bridgehead atoms. The van der Waals surface area contributed by atoms with Crippen molar-refractivity contribution < 1.29 is 4.79 Å². The van der Waals surface area contributed by atoms with Gasteiger partial charge in [0.05, 0.1) is 22.5 Å². The monoisotopic (exact) mass is 434 g/mol. The molecule has 150 valence electrons. The Hall–Kier alpha value is -3.17. The molecule has 0 saturated carbocycles. The van der Waals surface area contributed by atoms with Crippen LogP contribution >= 0.6 is 23.1 Å². The number of nitrogens with one attached hydrogen (secondary N) is 2. The highest BCUT2D eigenvalue weighted by Gasteiger charge is 2.14. The first-order valence-corrected chi connectivity index (χ1v) is 11.4. The molecule has 0 aliphatic heterocycles. The number of H-pyrrole nitrogens is 1. The number of imidazole rings is 1. The van der Waals surface area contributed by atoms with Crippen molar-refractivity contribution in [2.75, 3.05) is 11.1 Å². The summed E-state index contributed by atoms with van der Waals surface area (Å²) in [5.41, 5.74) is 5.05. The Kier molecular flexibility index (Phi) is 4.97. The number of hydrogen-bond donors (Lipinski definition) is 2. The number of benzene rings is 2. The summed E-state index contributed by atoms with van der Waals surface area (Å²) >= 11 is 2.78. The number of fused-ring (bicyclic) bond motifs is 3. The minimum Gasteiger partial charge on any atom is -0.301 e. The Morgan fingerprint density at radius 3 is 2.83 bits per heavy atom. The van der Waals surface area contributed by atoms with Crippen molar-refractivity contribution >= 4 is 50.9 Å². The largest absolute Gasteiger partial charge is 0.301 e. The maximum atomic E-state index is 12.4. The number of aryl methyl sites for hydroxylation is 1. The molecular weight excluding hydrogens is 416 g/mol. The van der Waals surface area contributed by atoms with E-state index in [2.05, 4.69) is 56.7 Å². The average Bonchev–Trinajstić information content (AvgIpc) is 3.48. The van der Waals surface area contributed by atoms with Gasteiger partial charge in [-0.25, -0.2) is 15.1 Å². The number of anilines is 1. The van der Waals surface area contributed by atoms with E-state index in [0.29, 0.717) is 16.1 Å². The summed E-state index contributed by atoms with van der Waals surface area (Å²) in [5.74, 6) is 0.771. The standard InChI is InChI=1S/C21H18N6OS2/c1-2-13-7-9-14(10-8-13)16-11-29-20(23-16)24-18(28)12-30-21-26-25-19-22-15-5-3-4-6-17(15)27(19)21/h3-11H,2,12H2,1H3,(H,22,25)(H,23,24,28). The molecule has 0 spiro atoms. The van der Waals surface area contributed by atoms with Crippen LogP contribution in [0.1, 0.15) is 12.5 Å². The number of aromatic amines is 1. The smallest absolute Gasteiger partial charge is 0.236 e. The van der Waals surface area contributed by atoms with Crippen molar-refractivity contribution in [3.63, 3.8) is 0 Å². The van der Waals surface area contributed by atoms with E-state index in [1.807, 2.05) is 34.0 Å². The lowest BCUT2D eigenvalue weighted by atomic mass is 10.1. The van der Waals surface area contributed by atoms with Gasteiger partial charge in [0, 0.05) is 10.9 Å². The van der Waals surface area contributed by atoms with E-state index in [1.54, 1.807) is 0 Å². The molecule has 2 aromatic carbocycles. The van der Waals surface area contributed by atoms with Crippen LogP contribution in [0.2, 0.25) is 0 Å². The summed E-state index contributed by atoms with van der Waals surface area (Å²) in [7, 11) is 0. The molecule has 3 heterocycles. The molecule has 5 rings (SSSR count). The van der Waals surface area contributed by atoms with Crippen molar-refractivity contribution in [1.82, 2.24) is 24.6 Å². The van der Waals surface area contributed by atoms with Crippen molar-refractivity contribution in [3.8, 4) is 11.3 Å². The van der Waals surface area contributed by atoms with E-state index in [4.69, 9.17) is 0 Å². The SMILES string of the molecule is CCc1ccc(-c2csc(NC(=O)CSc3n[nH]c4nc5ccccc5n34)n2)cc1. The Morgan fingerprint density at radius 2 is 2.00 bits per heavy atom. The molecule has 30 heavy (non-hydrogen) atoms. The molecular formula is C21H18N6OS2. The lowest BCUT2D eigenvalue weighted by Crippen LogP contribution is -2.14. The third kappa shape index (κ3) is 3.57. The zero-order chi connectivity index (χ0) is 20.5. The van der Waals surface area contributed by atoms with Gasteiger partial charge < -0.3 is 5.32 Å². The zero-order valence-electron chi connectivity index (χ0n) is 16.1. The minimum absolute atomic E-state index is 0.122. The maximum absolute atomic E-state index is 12.4. The summed E-state index contributed by atoms with van der Waals surface area (Å²) in [6.45, 7) is 2.13. The fraction of sp³-hybridized carbons (Fsp3) is 0.143. The van der Waals surface area contributed by atoms with Crippen LogP contribution in [0, 0.1) is 0 Å². The number of aromatic nitrogens is 5. The maximum Gasteiger partial charge on any atom is 0.236 e. The van der Waals surface area contributed by atoms with E-state index in [1.165, 1.54) is 28.7 Å². The number of nitrogens with zero attached hydrogens (tertiary/aromatic N) is 4. The van der Waals surface area contributed by atoms with Crippen LogP contribution in [-0.4, -0.2) is 36.2 Å². The second-order valence-electron chi connectivity index (χ2n) is 6.69. The molecule has 1 amide bonds. The molecule has 3 aromatic heterocycles. The van der Waals surface area contributed by atoms with Crippen LogP contribution in [0.3, 0.4) is 0 Å². The molecule has 9 heteroatoms. The number of carbonyl (C=O) groups excluding carboxylic acids is 1. The minimum atomic E-state index is -0.122. The van der Waals surface area contributed by atoms with Crippen molar-refractivity contribution in [1.29, 1.82) is 0 Å². The highest BCUT2D eigenvalue weighted by molar-refractivity contribution is 7.99. The average molecular weight is 435 g/mol. The number of para-hydroxylation sites is 2. The van der Waals surface area contributed by atoms with E-state index in [-0.39, 0.29) is 11.7 Å². The molecule has 0 radical (unpaired) electrons. The Labute approximate surface area is 180 Å². The van der Waals surface area contributed by atoms with Crippen molar-refractivity contribution in [2.24, 2.45) is 0 Å². The predicted octanol–water partition coefficient (Wildman–Crippen LogP) is 4.63. The molecule has 0 fully saturated rings. The van der Waals surface area contributed by atoms with Crippen LogP contribution < -0.4 is 5.32 Å². The quantitative estimate of drug-likeness (QED) is 0.381.